The summed E-state index contributed by atoms with van der Waals surface area (Å²) in [4.78, 5) is 69.0. The second-order valence-corrected chi connectivity index (χ2v) is 7.02. The van der Waals surface area contributed by atoms with E-state index in [1.807, 2.05) is 0 Å². The molecule has 4 atom stereocenters. The summed E-state index contributed by atoms with van der Waals surface area (Å²) in [6, 6.07) is -3.69. The van der Waals surface area contributed by atoms with Gasteiger partial charge < -0.3 is 37.0 Å². The molecular formula is C18H30N4O9. The SMILES string of the molecule is CCC(C)C(NC(=O)CNC(=O)C(N)CCC(=O)O)C(=O)NC(CCC(=O)O)C(=O)O. The van der Waals surface area contributed by atoms with Crippen molar-refractivity contribution in [3.8, 4) is 0 Å². The first-order valence-electron chi connectivity index (χ1n) is 9.68. The van der Waals surface area contributed by atoms with Gasteiger partial charge in [0.15, 0.2) is 0 Å². The third-order valence-corrected chi connectivity index (χ3v) is 4.50. The van der Waals surface area contributed by atoms with Gasteiger partial charge in [-0.2, -0.15) is 0 Å². The van der Waals surface area contributed by atoms with Crippen LogP contribution in [0.25, 0.3) is 0 Å². The van der Waals surface area contributed by atoms with Crippen LogP contribution in [0, 0.1) is 5.92 Å². The molecule has 0 saturated carbocycles. The first kappa shape index (κ1) is 27.8. The van der Waals surface area contributed by atoms with Gasteiger partial charge in [0.05, 0.1) is 12.6 Å². The largest absolute Gasteiger partial charge is 0.481 e. The summed E-state index contributed by atoms with van der Waals surface area (Å²) < 4.78 is 0. The summed E-state index contributed by atoms with van der Waals surface area (Å²) >= 11 is 0. The monoisotopic (exact) mass is 446 g/mol. The van der Waals surface area contributed by atoms with E-state index in [1.54, 1.807) is 13.8 Å². The minimum atomic E-state index is -1.45. The molecule has 176 valence electrons. The minimum Gasteiger partial charge on any atom is -0.481 e. The Labute approximate surface area is 178 Å². The Hall–Kier alpha value is -3.22. The molecule has 0 fully saturated rings. The van der Waals surface area contributed by atoms with E-state index in [-0.39, 0.29) is 19.3 Å². The highest BCUT2D eigenvalue weighted by Gasteiger charge is 2.30. The number of rotatable bonds is 15. The van der Waals surface area contributed by atoms with E-state index in [1.165, 1.54) is 0 Å². The van der Waals surface area contributed by atoms with Crippen molar-refractivity contribution in [3.05, 3.63) is 0 Å². The molecule has 31 heavy (non-hydrogen) atoms. The maximum atomic E-state index is 12.5. The Morgan fingerprint density at radius 1 is 0.871 bits per heavy atom. The van der Waals surface area contributed by atoms with Crippen LogP contribution in [-0.2, 0) is 28.8 Å². The predicted octanol–water partition coefficient (Wildman–Crippen LogP) is -1.74. The van der Waals surface area contributed by atoms with Crippen molar-refractivity contribution in [2.45, 2.75) is 64.1 Å². The Balaban J connectivity index is 4.92. The number of nitrogens with two attached hydrogens (primary N) is 1. The lowest BCUT2D eigenvalue weighted by Crippen LogP contribution is -2.55. The van der Waals surface area contributed by atoms with Crippen LogP contribution in [-0.4, -0.2) is 75.6 Å². The van der Waals surface area contributed by atoms with Gasteiger partial charge in [0.25, 0.3) is 0 Å². The zero-order chi connectivity index (χ0) is 24.1. The standard InChI is InChI=1S/C18H30N4O9/c1-3-9(2)15(17(29)21-11(18(30)31)5-7-14(26)27)22-12(23)8-20-16(28)10(19)4-6-13(24)25/h9-11,15H,3-8,19H2,1-2H3,(H,20,28)(H,21,29)(H,22,23)(H,24,25)(H,26,27)(H,30,31). The summed E-state index contributed by atoms with van der Waals surface area (Å²) in [7, 11) is 0. The molecular weight excluding hydrogens is 416 g/mol. The van der Waals surface area contributed by atoms with Gasteiger partial charge in [0, 0.05) is 12.8 Å². The maximum absolute atomic E-state index is 12.5. The van der Waals surface area contributed by atoms with Crippen LogP contribution in [0.2, 0.25) is 0 Å². The smallest absolute Gasteiger partial charge is 0.326 e. The molecule has 0 aliphatic carbocycles. The van der Waals surface area contributed by atoms with Crippen LogP contribution in [0.1, 0.15) is 46.0 Å². The van der Waals surface area contributed by atoms with Crippen molar-refractivity contribution in [3.63, 3.8) is 0 Å². The van der Waals surface area contributed by atoms with Gasteiger partial charge in [-0.25, -0.2) is 4.79 Å². The highest BCUT2D eigenvalue weighted by atomic mass is 16.4. The number of aliphatic carboxylic acids is 3. The molecule has 0 aromatic rings. The quantitative estimate of drug-likeness (QED) is 0.150. The van der Waals surface area contributed by atoms with Gasteiger partial charge in [0.2, 0.25) is 17.7 Å². The van der Waals surface area contributed by atoms with Gasteiger partial charge >= 0.3 is 17.9 Å². The molecule has 13 heteroatoms. The van der Waals surface area contributed by atoms with Crippen LogP contribution in [0.5, 0.6) is 0 Å². The van der Waals surface area contributed by atoms with E-state index in [0.717, 1.165) is 0 Å². The highest BCUT2D eigenvalue weighted by molar-refractivity contribution is 5.92. The predicted molar refractivity (Wildman–Crippen MR) is 106 cm³/mol. The first-order valence-corrected chi connectivity index (χ1v) is 9.68. The van der Waals surface area contributed by atoms with Crippen LogP contribution >= 0.6 is 0 Å². The summed E-state index contributed by atoms with van der Waals surface area (Å²) in [5, 5.41) is 33.3. The van der Waals surface area contributed by atoms with E-state index < -0.39 is 72.6 Å². The van der Waals surface area contributed by atoms with E-state index in [4.69, 9.17) is 15.9 Å². The fourth-order valence-electron chi connectivity index (χ4n) is 2.42. The average Bonchev–Trinajstić information content (AvgIpc) is 2.69. The minimum absolute atomic E-state index is 0.117. The van der Waals surface area contributed by atoms with E-state index in [0.29, 0.717) is 6.42 Å². The number of carboxylic acids is 3. The van der Waals surface area contributed by atoms with E-state index in [2.05, 4.69) is 16.0 Å². The summed E-state index contributed by atoms with van der Waals surface area (Å²) in [5.74, 6) is -6.42. The molecule has 0 aromatic heterocycles. The molecule has 0 heterocycles. The second-order valence-electron chi connectivity index (χ2n) is 7.02. The fraction of sp³-hybridized carbons (Fsp3) is 0.667. The molecule has 0 rings (SSSR count). The number of carboxylic acid groups (broad SMARTS) is 3. The molecule has 4 unspecified atom stereocenters. The zero-order valence-corrected chi connectivity index (χ0v) is 17.4. The number of amides is 3. The van der Waals surface area contributed by atoms with Gasteiger partial charge in [0.1, 0.15) is 12.1 Å². The third kappa shape index (κ3) is 11.5. The summed E-state index contributed by atoms with van der Waals surface area (Å²) in [5.41, 5.74) is 5.54. The molecule has 0 aromatic carbocycles. The summed E-state index contributed by atoms with van der Waals surface area (Å²) in [6.07, 6.45) is -0.775. The van der Waals surface area contributed by atoms with Gasteiger partial charge in [-0.05, 0) is 18.8 Å². The highest BCUT2D eigenvalue weighted by Crippen LogP contribution is 2.09. The Morgan fingerprint density at radius 3 is 1.90 bits per heavy atom. The van der Waals surface area contributed by atoms with Crippen LogP contribution in [0.4, 0.5) is 0 Å². The molecule has 0 spiro atoms. The van der Waals surface area contributed by atoms with Crippen molar-refractivity contribution >= 4 is 35.6 Å². The number of carbonyl (C=O) groups is 6. The van der Waals surface area contributed by atoms with Gasteiger partial charge in [-0.3, -0.25) is 24.0 Å². The maximum Gasteiger partial charge on any atom is 0.326 e. The lowest BCUT2D eigenvalue weighted by molar-refractivity contribution is -0.143. The molecule has 0 radical (unpaired) electrons. The van der Waals surface area contributed by atoms with E-state index in [9.17, 15) is 33.9 Å². The normalized spacial score (nSPS) is 14.4. The van der Waals surface area contributed by atoms with Gasteiger partial charge in [-0.15, -0.1) is 0 Å². The lowest BCUT2D eigenvalue weighted by atomic mass is 9.97. The van der Waals surface area contributed by atoms with Crippen molar-refractivity contribution in [1.82, 2.24) is 16.0 Å². The van der Waals surface area contributed by atoms with Crippen molar-refractivity contribution < 1.29 is 44.1 Å². The molecule has 0 bridgehead atoms. The molecule has 0 aliphatic rings. The molecule has 0 saturated heterocycles. The van der Waals surface area contributed by atoms with Crippen molar-refractivity contribution in [2.24, 2.45) is 11.7 Å². The Morgan fingerprint density at radius 2 is 1.42 bits per heavy atom. The van der Waals surface area contributed by atoms with Crippen molar-refractivity contribution in [1.29, 1.82) is 0 Å². The lowest BCUT2D eigenvalue weighted by Gasteiger charge is -2.25. The zero-order valence-electron chi connectivity index (χ0n) is 17.4. The van der Waals surface area contributed by atoms with Crippen LogP contribution < -0.4 is 21.7 Å². The summed E-state index contributed by atoms with van der Waals surface area (Å²) in [6.45, 7) is 2.87. The molecule has 13 nitrogen and oxygen atoms in total. The van der Waals surface area contributed by atoms with Crippen LogP contribution in [0.15, 0.2) is 0 Å². The number of nitrogens with one attached hydrogen (secondary N) is 3. The first-order chi connectivity index (χ1) is 14.4. The topological polar surface area (TPSA) is 225 Å². The molecule has 8 N–H and O–H groups in total. The Bertz CT molecular complexity index is 683. The van der Waals surface area contributed by atoms with Crippen LogP contribution in [0.3, 0.4) is 0 Å². The molecule has 3 amide bonds. The average molecular weight is 446 g/mol. The van der Waals surface area contributed by atoms with Gasteiger partial charge in [-0.1, -0.05) is 20.3 Å². The number of hydrogen-bond donors (Lipinski definition) is 7. The number of carbonyl (C=O) groups excluding carboxylic acids is 3. The Kier molecular flexibility index (Phi) is 12.5. The third-order valence-electron chi connectivity index (χ3n) is 4.50. The second kappa shape index (κ2) is 13.9. The van der Waals surface area contributed by atoms with Crippen molar-refractivity contribution in [2.75, 3.05) is 6.54 Å². The molecule has 0 aliphatic heterocycles. The van der Waals surface area contributed by atoms with E-state index >= 15 is 0 Å². The number of hydrogen-bond acceptors (Lipinski definition) is 7. The fourth-order valence-corrected chi connectivity index (χ4v) is 2.42.